The Balaban J connectivity index is 2.77. The fourth-order valence-corrected chi connectivity index (χ4v) is 3.26. The molecule has 1 amide bonds. The molecule has 0 saturated carbocycles. The Morgan fingerprint density at radius 2 is 1.72 bits per heavy atom. The van der Waals surface area contributed by atoms with Crippen LogP contribution in [0.25, 0.3) is 0 Å². The van der Waals surface area contributed by atoms with Crippen LogP contribution in [-0.2, 0) is 20.3 Å². The van der Waals surface area contributed by atoms with Crippen molar-refractivity contribution in [2.75, 3.05) is 5.75 Å². The van der Waals surface area contributed by atoms with Gasteiger partial charge in [0.25, 0.3) is 0 Å². The number of aryl methyl sites for hydroxylation is 1. The summed E-state index contributed by atoms with van der Waals surface area (Å²) in [5.41, 5.74) is 0.427. The molecule has 1 N–H and O–H groups in total. The minimum absolute atomic E-state index is 0.129. The van der Waals surface area contributed by atoms with Crippen molar-refractivity contribution in [3.05, 3.63) is 29.8 Å². The van der Waals surface area contributed by atoms with Crippen molar-refractivity contribution < 1.29 is 18.5 Å². The predicted octanol–water partition coefficient (Wildman–Crippen LogP) is 3.61. The van der Waals surface area contributed by atoms with Crippen molar-refractivity contribution in [3.63, 3.8) is 0 Å². The maximum absolute atomic E-state index is 12.6. The van der Waals surface area contributed by atoms with Gasteiger partial charge in [-0.25, -0.2) is 4.79 Å². The number of carbonyl (C=O) groups excluding carboxylic acids is 2. The molecule has 0 fully saturated rings. The van der Waals surface area contributed by atoms with Gasteiger partial charge >= 0.3 is 6.09 Å². The molecule has 25 heavy (non-hydrogen) atoms. The molecule has 6 heteroatoms. The van der Waals surface area contributed by atoms with Crippen molar-refractivity contribution in [3.8, 4) is 0 Å². The molecule has 0 radical (unpaired) electrons. The van der Waals surface area contributed by atoms with Gasteiger partial charge in [-0.05, 0) is 52.2 Å². The van der Waals surface area contributed by atoms with Gasteiger partial charge in [0.1, 0.15) is 5.60 Å². The third-order valence-corrected chi connectivity index (χ3v) is 4.69. The zero-order valence-electron chi connectivity index (χ0n) is 15.9. The Labute approximate surface area is 153 Å². The first-order valence-corrected chi connectivity index (χ1v) is 9.77. The van der Waals surface area contributed by atoms with E-state index in [1.165, 1.54) is 0 Å². The minimum Gasteiger partial charge on any atom is -0.444 e. The third kappa shape index (κ3) is 8.29. The van der Waals surface area contributed by atoms with E-state index < -0.39 is 28.5 Å². The molecule has 0 aliphatic carbocycles. The number of carbonyl (C=O) groups is 2. The highest BCUT2D eigenvalue weighted by molar-refractivity contribution is 7.85. The summed E-state index contributed by atoms with van der Waals surface area (Å²) in [6.07, 6.45) is -0.156. The number of rotatable bonds is 7. The number of alkyl carbamates (subject to hydrolysis) is 1. The van der Waals surface area contributed by atoms with E-state index >= 15 is 0 Å². The molecule has 0 aliphatic heterocycles. The highest BCUT2D eigenvalue weighted by Crippen LogP contribution is 2.13. The number of nitrogens with one attached hydrogen (secondary N) is 1. The first-order valence-electron chi connectivity index (χ1n) is 8.45. The van der Waals surface area contributed by atoms with Gasteiger partial charge in [0.05, 0.1) is 22.6 Å². The van der Waals surface area contributed by atoms with Gasteiger partial charge in [-0.2, -0.15) is 0 Å². The van der Waals surface area contributed by atoms with Gasteiger partial charge in [-0.1, -0.05) is 31.5 Å². The van der Waals surface area contributed by atoms with E-state index in [9.17, 15) is 13.8 Å². The smallest absolute Gasteiger partial charge is 0.408 e. The second kappa shape index (κ2) is 9.13. The van der Waals surface area contributed by atoms with Gasteiger partial charge in [-0.15, -0.1) is 0 Å². The van der Waals surface area contributed by atoms with Crippen LogP contribution < -0.4 is 5.32 Å². The summed E-state index contributed by atoms with van der Waals surface area (Å²) in [7, 11) is -1.43. The van der Waals surface area contributed by atoms with Crippen LogP contribution in [0.2, 0.25) is 0 Å². The lowest BCUT2D eigenvalue weighted by Crippen LogP contribution is -2.45. The standard InChI is InChI=1S/C19H29NO4S/c1-13(2)11-16(20-18(22)24-19(4,5)6)17(21)12-25(23)15-9-7-14(3)8-10-15/h7-10,13,16H,11-12H2,1-6H3,(H,20,22)/t16-,25+/m0/s1. The zero-order valence-corrected chi connectivity index (χ0v) is 16.7. The van der Waals surface area contributed by atoms with Crippen LogP contribution >= 0.6 is 0 Å². The van der Waals surface area contributed by atoms with E-state index in [0.717, 1.165) is 5.56 Å². The number of Topliss-reactive ketones (excluding diaryl/α,β-unsaturated/α-hetero) is 1. The number of amides is 1. The summed E-state index contributed by atoms with van der Waals surface area (Å²) < 4.78 is 17.6. The lowest BCUT2D eigenvalue weighted by molar-refractivity contribution is -0.119. The fraction of sp³-hybridized carbons (Fsp3) is 0.579. The maximum Gasteiger partial charge on any atom is 0.408 e. The first kappa shape index (κ1) is 21.4. The topological polar surface area (TPSA) is 72.5 Å². The van der Waals surface area contributed by atoms with Crippen LogP contribution in [0.4, 0.5) is 4.79 Å². The quantitative estimate of drug-likeness (QED) is 0.799. The Morgan fingerprint density at radius 1 is 1.16 bits per heavy atom. The van der Waals surface area contributed by atoms with Crippen molar-refractivity contribution in [2.45, 2.75) is 64.5 Å². The lowest BCUT2D eigenvalue weighted by Gasteiger charge is -2.24. The molecule has 140 valence electrons. The predicted molar refractivity (Wildman–Crippen MR) is 100 cm³/mol. The number of ether oxygens (including phenoxy) is 1. The van der Waals surface area contributed by atoms with Crippen molar-refractivity contribution in [2.24, 2.45) is 5.92 Å². The summed E-state index contributed by atoms with van der Waals surface area (Å²) in [5, 5.41) is 2.63. The van der Waals surface area contributed by atoms with E-state index in [2.05, 4.69) is 5.32 Å². The summed E-state index contributed by atoms with van der Waals surface area (Å²) >= 11 is 0. The molecule has 0 aliphatic rings. The van der Waals surface area contributed by atoms with Crippen LogP contribution in [0.1, 0.15) is 46.6 Å². The Morgan fingerprint density at radius 3 is 2.20 bits per heavy atom. The summed E-state index contributed by atoms with van der Waals surface area (Å²) in [4.78, 5) is 25.2. The van der Waals surface area contributed by atoms with E-state index in [1.54, 1.807) is 32.9 Å². The number of ketones is 1. The van der Waals surface area contributed by atoms with Gasteiger partial charge < -0.3 is 10.1 Å². The molecule has 0 bridgehead atoms. The molecule has 0 spiro atoms. The second-order valence-electron chi connectivity index (χ2n) is 7.60. The summed E-state index contributed by atoms with van der Waals surface area (Å²) in [6, 6.07) is 6.55. The highest BCUT2D eigenvalue weighted by Gasteiger charge is 2.26. The van der Waals surface area contributed by atoms with E-state index in [4.69, 9.17) is 4.74 Å². The largest absolute Gasteiger partial charge is 0.444 e. The molecule has 1 rings (SSSR count). The number of benzene rings is 1. The van der Waals surface area contributed by atoms with Crippen LogP contribution in [-0.4, -0.2) is 33.5 Å². The Kier molecular flexibility index (Phi) is 7.80. The van der Waals surface area contributed by atoms with Crippen LogP contribution in [0.5, 0.6) is 0 Å². The van der Waals surface area contributed by atoms with E-state index in [0.29, 0.717) is 11.3 Å². The van der Waals surface area contributed by atoms with Crippen LogP contribution in [0.15, 0.2) is 29.2 Å². The molecule has 1 aromatic carbocycles. The molecule has 2 atom stereocenters. The average molecular weight is 368 g/mol. The molecular formula is C19H29NO4S. The minimum atomic E-state index is -1.43. The maximum atomic E-state index is 12.6. The summed E-state index contributed by atoms with van der Waals surface area (Å²) in [5.74, 6) is -0.175. The van der Waals surface area contributed by atoms with Gasteiger partial charge in [0.2, 0.25) is 0 Å². The molecule has 5 nitrogen and oxygen atoms in total. The molecular weight excluding hydrogens is 338 g/mol. The van der Waals surface area contributed by atoms with Crippen molar-refractivity contribution in [1.82, 2.24) is 5.32 Å². The fourth-order valence-electron chi connectivity index (χ4n) is 2.20. The normalized spacial score (nSPS) is 14.0. The van der Waals surface area contributed by atoms with Gasteiger partial charge in [0.15, 0.2) is 5.78 Å². The zero-order chi connectivity index (χ0) is 19.2. The molecule has 0 heterocycles. The Bertz CT molecular complexity index is 617. The SMILES string of the molecule is Cc1ccc([S@](=O)CC(=O)[C@H](CC(C)C)NC(=O)OC(C)(C)C)cc1. The first-order chi connectivity index (χ1) is 11.5. The molecule has 0 saturated heterocycles. The highest BCUT2D eigenvalue weighted by atomic mass is 32.2. The second-order valence-corrected chi connectivity index (χ2v) is 9.05. The van der Waals surface area contributed by atoms with Crippen LogP contribution in [0, 0.1) is 12.8 Å². The van der Waals surface area contributed by atoms with Crippen molar-refractivity contribution in [1.29, 1.82) is 0 Å². The summed E-state index contributed by atoms with van der Waals surface area (Å²) in [6.45, 7) is 11.2. The molecule has 0 unspecified atom stereocenters. The third-order valence-electron chi connectivity index (χ3n) is 3.34. The average Bonchev–Trinajstić information content (AvgIpc) is 2.44. The van der Waals surface area contributed by atoms with Crippen molar-refractivity contribution >= 4 is 22.7 Å². The number of hydrogen-bond acceptors (Lipinski definition) is 4. The molecule has 1 aromatic rings. The monoisotopic (exact) mass is 367 g/mol. The van der Waals surface area contributed by atoms with Gasteiger partial charge in [-0.3, -0.25) is 9.00 Å². The van der Waals surface area contributed by atoms with E-state index in [-0.39, 0.29) is 17.5 Å². The van der Waals surface area contributed by atoms with Crippen LogP contribution in [0.3, 0.4) is 0 Å². The van der Waals surface area contributed by atoms with E-state index in [1.807, 2.05) is 32.9 Å². The molecule has 0 aromatic heterocycles. The lowest BCUT2D eigenvalue weighted by atomic mass is 10.0. The Hall–Kier alpha value is -1.69. The number of hydrogen-bond donors (Lipinski definition) is 1. The van der Waals surface area contributed by atoms with Gasteiger partial charge in [0, 0.05) is 4.90 Å².